The molecule has 0 saturated carbocycles. The Balaban J connectivity index is 1.87. The van der Waals surface area contributed by atoms with E-state index in [0.717, 1.165) is 62.2 Å². The number of hydrogen-bond acceptors (Lipinski definition) is 4. The third-order valence-electron chi connectivity index (χ3n) is 6.27. The highest BCUT2D eigenvalue weighted by atomic mass is 16.1. The van der Waals surface area contributed by atoms with Crippen molar-refractivity contribution in [2.75, 3.05) is 6.54 Å². The standard InChI is InChI=1S/C27H25N5O/c28-8-1-2-17-12-23-24(18-4-6-25-19(10-18)7-9-31-25)15-32-27(33)26(23)22-11-16(3-5-21(17)22)20(13-29)14-30/h3-7,9-15,29,31H,1-2,8,28,30H2,(H,32,33)/b20-14+,29-13?. The predicted molar refractivity (Wildman–Crippen MR) is 138 cm³/mol. The van der Waals surface area contributed by atoms with Crippen LogP contribution < -0.4 is 17.0 Å². The maximum absolute atomic E-state index is 13.1. The number of benzene rings is 3. The molecular formula is C27H25N5O. The average molecular weight is 436 g/mol. The first-order valence-corrected chi connectivity index (χ1v) is 11.0. The monoisotopic (exact) mass is 435 g/mol. The summed E-state index contributed by atoms with van der Waals surface area (Å²) in [6.07, 6.45) is 8.02. The van der Waals surface area contributed by atoms with Gasteiger partial charge in [0, 0.05) is 41.5 Å². The van der Waals surface area contributed by atoms with Gasteiger partial charge < -0.3 is 26.8 Å². The van der Waals surface area contributed by atoms with Gasteiger partial charge in [-0.05, 0) is 88.0 Å². The Kier molecular flexibility index (Phi) is 5.28. The number of hydrogen-bond donors (Lipinski definition) is 5. The summed E-state index contributed by atoms with van der Waals surface area (Å²) in [7, 11) is 0. The molecule has 7 N–H and O–H groups in total. The smallest absolute Gasteiger partial charge is 0.256 e. The molecule has 6 nitrogen and oxygen atoms in total. The summed E-state index contributed by atoms with van der Waals surface area (Å²) < 4.78 is 0. The van der Waals surface area contributed by atoms with Crippen molar-refractivity contribution in [1.82, 2.24) is 9.97 Å². The van der Waals surface area contributed by atoms with E-state index in [4.69, 9.17) is 16.9 Å². The van der Waals surface area contributed by atoms with Crippen LogP contribution in [0.25, 0.3) is 49.1 Å². The first-order chi connectivity index (χ1) is 16.1. The molecule has 5 rings (SSSR count). The van der Waals surface area contributed by atoms with Crippen LogP contribution in [-0.4, -0.2) is 22.7 Å². The molecule has 2 aromatic heterocycles. The molecule has 0 bridgehead atoms. The van der Waals surface area contributed by atoms with E-state index >= 15 is 0 Å². The molecule has 5 aromatic rings. The van der Waals surface area contributed by atoms with Crippen LogP contribution in [0.15, 0.2) is 71.9 Å². The van der Waals surface area contributed by atoms with Crippen LogP contribution in [0, 0.1) is 5.41 Å². The Labute approximate surface area is 190 Å². The van der Waals surface area contributed by atoms with E-state index in [-0.39, 0.29) is 5.56 Å². The van der Waals surface area contributed by atoms with Crippen LogP contribution in [0.3, 0.4) is 0 Å². The number of H-pyrrole nitrogens is 2. The van der Waals surface area contributed by atoms with E-state index in [0.29, 0.717) is 17.5 Å². The Morgan fingerprint density at radius 3 is 2.67 bits per heavy atom. The van der Waals surface area contributed by atoms with Gasteiger partial charge in [-0.25, -0.2) is 0 Å². The van der Waals surface area contributed by atoms with E-state index in [1.54, 1.807) is 6.20 Å². The van der Waals surface area contributed by atoms with Crippen molar-refractivity contribution in [1.29, 1.82) is 5.41 Å². The van der Waals surface area contributed by atoms with Crippen molar-refractivity contribution in [3.63, 3.8) is 0 Å². The third-order valence-corrected chi connectivity index (χ3v) is 6.27. The zero-order chi connectivity index (χ0) is 22.9. The van der Waals surface area contributed by atoms with Crippen LogP contribution in [0.4, 0.5) is 0 Å². The molecule has 2 heterocycles. The van der Waals surface area contributed by atoms with Crippen molar-refractivity contribution >= 4 is 44.2 Å². The number of allylic oxidation sites excluding steroid dienone is 1. The minimum absolute atomic E-state index is 0.142. The fraction of sp³-hybridized carbons (Fsp3) is 0.111. The second kappa shape index (κ2) is 8.41. The number of nitrogens with one attached hydrogen (secondary N) is 3. The quantitative estimate of drug-likeness (QED) is 0.197. The normalized spacial score (nSPS) is 12.1. The van der Waals surface area contributed by atoms with E-state index < -0.39 is 0 Å². The number of rotatable bonds is 6. The zero-order valence-electron chi connectivity index (χ0n) is 18.1. The lowest BCUT2D eigenvalue weighted by Crippen LogP contribution is -2.08. The average Bonchev–Trinajstić information content (AvgIpc) is 3.31. The van der Waals surface area contributed by atoms with Gasteiger partial charge in [0.2, 0.25) is 0 Å². The highest BCUT2D eigenvalue weighted by molar-refractivity contribution is 6.15. The van der Waals surface area contributed by atoms with Gasteiger partial charge in [0.1, 0.15) is 0 Å². The number of aryl methyl sites for hydroxylation is 1. The molecule has 0 unspecified atom stereocenters. The summed E-state index contributed by atoms with van der Waals surface area (Å²) in [6, 6.07) is 16.3. The molecule has 0 aliphatic heterocycles. The summed E-state index contributed by atoms with van der Waals surface area (Å²) in [5.41, 5.74) is 17.0. The molecule has 0 radical (unpaired) electrons. The molecular weight excluding hydrogens is 410 g/mol. The van der Waals surface area contributed by atoms with Crippen LogP contribution in [0.2, 0.25) is 0 Å². The number of aromatic amines is 2. The number of fused-ring (bicyclic) bond motifs is 4. The lowest BCUT2D eigenvalue weighted by atomic mass is 9.90. The van der Waals surface area contributed by atoms with Crippen molar-refractivity contribution in [2.24, 2.45) is 11.5 Å². The van der Waals surface area contributed by atoms with Gasteiger partial charge in [-0.2, -0.15) is 0 Å². The maximum Gasteiger partial charge on any atom is 0.256 e. The lowest BCUT2D eigenvalue weighted by Gasteiger charge is -2.15. The lowest BCUT2D eigenvalue weighted by molar-refractivity contribution is 0.838. The summed E-state index contributed by atoms with van der Waals surface area (Å²) in [4.78, 5) is 19.3. The summed E-state index contributed by atoms with van der Waals surface area (Å²) in [5.74, 6) is 0. The molecule has 3 aromatic carbocycles. The largest absolute Gasteiger partial charge is 0.404 e. The summed E-state index contributed by atoms with van der Waals surface area (Å²) >= 11 is 0. The molecule has 0 aliphatic carbocycles. The topological polar surface area (TPSA) is 125 Å². The fourth-order valence-corrected chi connectivity index (χ4v) is 4.61. The number of pyridine rings is 1. The molecule has 0 aliphatic rings. The highest BCUT2D eigenvalue weighted by Crippen LogP contribution is 2.35. The Hall–Kier alpha value is -4.16. The van der Waals surface area contributed by atoms with Gasteiger partial charge in [0.05, 0.1) is 5.39 Å². The van der Waals surface area contributed by atoms with Gasteiger partial charge >= 0.3 is 0 Å². The van der Waals surface area contributed by atoms with Gasteiger partial charge in [-0.3, -0.25) is 4.79 Å². The SMILES string of the molecule is N=C/C(=C\N)c1ccc2c(CCCN)cc3c(-c4ccc5[nH]ccc5c4)c[nH]c(=O)c3c2c1. The van der Waals surface area contributed by atoms with Crippen molar-refractivity contribution in [3.05, 3.63) is 88.6 Å². The van der Waals surface area contributed by atoms with Crippen molar-refractivity contribution in [3.8, 4) is 11.1 Å². The molecule has 0 amide bonds. The van der Waals surface area contributed by atoms with Crippen molar-refractivity contribution in [2.45, 2.75) is 12.8 Å². The number of nitrogens with two attached hydrogens (primary N) is 2. The number of aromatic nitrogens is 2. The minimum atomic E-state index is -0.142. The van der Waals surface area contributed by atoms with Crippen molar-refractivity contribution < 1.29 is 0 Å². The molecule has 6 heteroatoms. The molecule has 0 spiro atoms. The van der Waals surface area contributed by atoms with Gasteiger partial charge in [-0.15, -0.1) is 0 Å². The minimum Gasteiger partial charge on any atom is -0.404 e. The second-order valence-electron chi connectivity index (χ2n) is 8.19. The summed E-state index contributed by atoms with van der Waals surface area (Å²) in [6.45, 7) is 0.595. The maximum atomic E-state index is 13.1. The van der Waals surface area contributed by atoms with Gasteiger partial charge in [0.15, 0.2) is 0 Å². The zero-order valence-corrected chi connectivity index (χ0v) is 18.1. The third kappa shape index (κ3) is 3.50. The van der Waals surface area contributed by atoms with Crippen LogP contribution >= 0.6 is 0 Å². The predicted octanol–water partition coefficient (Wildman–Crippen LogP) is 4.67. The molecule has 0 fully saturated rings. The highest BCUT2D eigenvalue weighted by Gasteiger charge is 2.15. The first kappa shape index (κ1) is 20.7. The van der Waals surface area contributed by atoms with Crippen LogP contribution in [0.5, 0.6) is 0 Å². The first-order valence-electron chi connectivity index (χ1n) is 11.0. The van der Waals surface area contributed by atoms with Crippen LogP contribution in [0.1, 0.15) is 17.5 Å². The van der Waals surface area contributed by atoms with E-state index in [1.807, 2.05) is 30.5 Å². The van der Waals surface area contributed by atoms with Gasteiger partial charge in [0.25, 0.3) is 5.56 Å². The Bertz CT molecular complexity index is 1610. The molecule has 0 atom stereocenters. The fourth-order valence-electron chi connectivity index (χ4n) is 4.61. The van der Waals surface area contributed by atoms with Crippen LogP contribution in [-0.2, 0) is 6.42 Å². The van der Waals surface area contributed by atoms with E-state index in [2.05, 4.69) is 34.2 Å². The molecule has 33 heavy (non-hydrogen) atoms. The second-order valence-corrected chi connectivity index (χ2v) is 8.19. The summed E-state index contributed by atoms with van der Waals surface area (Å²) in [5, 5.41) is 12.2. The van der Waals surface area contributed by atoms with E-state index in [1.165, 1.54) is 12.4 Å². The van der Waals surface area contributed by atoms with E-state index in [9.17, 15) is 4.79 Å². The Morgan fingerprint density at radius 1 is 1.00 bits per heavy atom. The van der Waals surface area contributed by atoms with Gasteiger partial charge in [-0.1, -0.05) is 18.2 Å². The Morgan fingerprint density at radius 2 is 1.88 bits per heavy atom. The molecule has 0 saturated heterocycles. The molecule has 164 valence electrons.